The number of amidine groups is 1. The maximum Gasteiger partial charge on any atom is 0.373 e. The van der Waals surface area contributed by atoms with Crippen LogP contribution < -0.4 is 4.72 Å². The van der Waals surface area contributed by atoms with Crippen LogP contribution in [-0.2, 0) is 25.4 Å². The summed E-state index contributed by atoms with van der Waals surface area (Å²) in [6.45, 7) is -0.784. The molecule has 2 aromatic carbocycles. The second-order valence-electron chi connectivity index (χ2n) is 10.1. The molecule has 4 heterocycles. The summed E-state index contributed by atoms with van der Waals surface area (Å²) in [7, 11) is -3.75. The lowest BCUT2D eigenvalue weighted by Gasteiger charge is -2.32. The summed E-state index contributed by atoms with van der Waals surface area (Å²) in [4.78, 5) is 27.5. The molecule has 0 saturated carbocycles. The van der Waals surface area contributed by atoms with Crippen LogP contribution in [0.2, 0.25) is 5.02 Å². The number of aliphatic imine (C=N–C) groups is 1. The Labute approximate surface area is 264 Å². The molecule has 2 atom stereocenters. The molecule has 1 saturated heterocycles. The Hall–Kier alpha value is -4.14. The minimum Gasteiger partial charge on any atom is -0.326 e. The highest BCUT2D eigenvalue weighted by Crippen LogP contribution is 2.46. The summed E-state index contributed by atoms with van der Waals surface area (Å²) in [5.41, 5.74) is 3.35. The predicted molar refractivity (Wildman–Crippen MR) is 160 cm³/mol. The average molecular weight is 677 g/mol. The second kappa shape index (κ2) is 13.5. The Balaban J connectivity index is 0.00000128. The van der Waals surface area contributed by atoms with Gasteiger partial charge in [0.1, 0.15) is 11.9 Å². The van der Waals surface area contributed by atoms with Gasteiger partial charge in [0.2, 0.25) is 10.0 Å². The number of nitrogens with one attached hydrogen (secondary N) is 1. The highest BCUT2D eigenvalue weighted by molar-refractivity contribution is 7.88. The van der Waals surface area contributed by atoms with Crippen LogP contribution in [0.3, 0.4) is 0 Å². The van der Waals surface area contributed by atoms with Crippen LogP contribution >= 0.6 is 22.9 Å². The fraction of sp³-hybridized carbons (Fsp3) is 0.241. The smallest absolute Gasteiger partial charge is 0.326 e. The Bertz CT molecular complexity index is 1910. The average Bonchev–Trinajstić information content (AvgIpc) is 3.75. The Kier molecular flexibility index (Phi) is 9.65. The monoisotopic (exact) mass is 676 g/mol. The molecule has 1 N–H and O–H groups in total. The number of hydrogen-bond acceptors (Lipinski definition) is 9. The van der Waals surface area contributed by atoms with Crippen molar-refractivity contribution < 1.29 is 31.2 Å². The first-order valence-electron chi connectivity index (χ1n) is 13.3. The first-order valence-corrected chi connectivity index (χ1v) is 16.2. The van der Waals surface area contributed by atoms with Crippen LogP contribution in [-0.4, -0.2) is 52.7 Å². The summed E-state index contributed by atoms with van der Waals surface area (Å²) in [6, 6.07) is 11.2. The molecule has 2 aliphatic heterocycles. The summed E-state index contributed by atoms with van der Waals surface area (Å²) in [6.07, 6.45) is 3.27. The number of rotatable bonds is 8. The second-order valence-corrected chi connectivity index (χ2v) is 13.1. The number of nitrogens with zero attached hydrogens (tertiary/aromatic N) is 5. The Morgan fingerprint density at radius 3 is 2.58 bits per heavy atom. The van der Waals surface area contributed by atoms with Crippen molar-refractivity contribution in [3.8, 4) is 0 Å². The molecule has 0 bridgehead atoms. The van der Waals surface area contributed by atoms with Crippen molar-refractivity contribution in [3.05, 3.63) is 110 Å². The van der Waals surface area contributed by atoms with E-state index in [1.54, 1.807) is 23.7 Å². The largest absolute Gasteiger partial charge is 0.373 e. The van der Waals surface area contributed by atoms with Crippen molar-refractivity contribution in [1.29, 1.82) is 0 Å². The molecule has 2 aliphatic rings. The van der Waals surface area contributed by atoms with Gasteiger partial charge in [-0.3, -0.25) is 4.99 Å². The predicted octanol–water partition coefficient (Wildman–Crippen LogP) is 5.36. The third-order valence-electron chi connectivity index (χ3n) is 7.18. The zero-order valence-corrected chi connectivity index (χ0v) is 25.8. The molecule has 0 radical (unpaired) electrons. The number of halogens is 4. The number of carbonyl (C=O) groups excluding carboxylic acids is 2. The maximum absolute atomic E-state index is 14.0. The number of alkyl halides is 2. The van der Waals surface area contributed by atoms with Crippen LogP contribution in [0.25, 0.3) is 5.57 Å². The van der Waals surface area contributed by atoms with E-state index in [2.05, 4.69) is 14.8 Å². The van der Waals surface area contributed by atoms with Crippen LogP contribution in [0.1, 0.15) is 46.4 Å². The van der Waals surface area contributed by atoms with Gasteiger partial charge in [0.15, 0.2) is 10.8 Å². The van der Waals surface area contributed by atoms with E-state index in [1.165, 1.54) is 41.8 Å². The fourth-order valence-corrected chi connectivity index (χ4v) is 7.70. The van der Waals surface area contributed by atoms with Gasteiger partial charge in [-0.15, -0.1) is 11.3 Å². The molecule has 0 amide bonds. The number of aromatic nitrogens is 3. The maximum atomic E-state index is 14.0. The number of hydrogen-bond donors (Lipinski definition) is 1. The van der Waals surface area contributed by atoms with Gasteiger partial charge >= 0.3 is 12.7 Å². The van der Waals surface area contributed by atoms with E-state index in [4.69, 9.17) is 26.2 Å². The molecule has 0 spiro atoms. The normalized spacial score (nSPS) is 17.9. The SMILES string of the molecule is Cc1ccccc1CS(=O)(=O)N[C@H]1CC2=C(c3ccn(C(F)F)n3)[C@H](c3ccc(F)cc3Cl)N=C(c3nccs3)N2C1.O=C=O. The highest BCUT2D eigenvalue weighted by atomic mass is 35.5. The number of thiazole rings is 1. The van der Waals surface area contributed by atoms with E-state index in [-0.39, 0.29) is 35.6 Å². The zero-order chi connectivity index (χ0) is 32.3. The lowest BCUT2D eigenvalue weighted by molar-refractivity contribution is -0.191. The van der Waals surface area contributed by atoms with Crippen molar-refractivity contribution in [1.82, 2.24) is 24.4 Å². The quantitative estimate of drug-likeness (QED) is 0.266. The molecule has 4 aromatic rings. The van der Waals surface area contributed by atoms with Crippen LogP contribution in [0.5, 0.6) is 0 Å². The van der Waals surface area contributed by atoms with Crippen LogP contribution in [0.15, 0.2) is 77.0 Å². The van der Waals surface area contributed by atoms with E-state index in [0.29, 0.717) is 37.9 Å². The van der Waals surface area contributed by atoms with Gasteiger partial charge in [0.05, 0.1) is 11.4 Å². The van der Waals surface area contributed by atoms with E-state index >= 15 is 0 Å². The van der Waals surface area contributed by atoms with Gasteiger partial charge in [-0.1, -0.05) is 41.9 Å². The lowest BCUT2D eigenvalue weighted by atomic mass is 9.92. The lowest BCUT2D eigenvalue weighted by Crippen LogP contribution is -2.39. The molecular formula is C29H24ClF3N6O4S2. The van der Waals surface area contributed by atoms with Gasteiger partial charge in [0, 0.05) is 58.6 Å². The van der Waals surface area contributed by atoms with Crippen molar-refractivity contribution in [3.63, 3.8) is 0 Å². The molecule has 1 fully saturated rings. The van der Waals surface area contributed by atoms with Crippen molar-refractivity contribution in [2.24, 2.45) is 4.99 Å². The van der Waals surface area contributed by atoms with Gasteiger partial charge in [0.25, 0.3) is 0 Å². The summed E-state index contributed by atoms with van der Waals surface area (Å²) in [5, 5.41) is 6.59. The Morgan fingerprint density at radius 2 is 1.93 bits per heavy atom. The van der Waals surface area contributed by atoms with E-state index in [0.717, 1.165) is 5.56 Å². The van der Waals surface area contributed by atoms with Crippen molar-refractivity contribution >= 4 is 50.5 Å². The number of benzene rings is 2. The first kappa shape index (κ1) is 32.3. The molecule has 2 aromatic heterocycles. The summed E-state index contributed by atoms with van der Waals surface area (Å²) in [5.74, 6) is -0.254. The zero-order valence-electron chi connectivity index (χ0n) is 23.4. The molecule has 6 rings (SSSR count). The van der Waals surface area contributed by atoms with E-state index in [1.807, 2.05) is 24.0 Å². The molecule has 0 aliphatic carbocycles. The third-order valence-corrected chi connectivity index (χ3v) is 9.66. The molecule has 16 heteroatoms. The molecule has 0 unspecified atom stereocenters. The minimum atomic E-state index is -3.75. The highest BCUT2D eigenvalue weighted by Gasteiger charge is 2.42. The number of sulfonamides is 1. The first-order chi connectivity index (χ1) is 21.5. The molecule has 234 valence electrons. The fourth-order valence-electron chi connectivity index (χ4n) is 5.31. The third kappa shape index (κ3) is 7.08. The minimum absolute atomic E-state index is 0.107. The summed E-state index contributed by atoms with van der Waals surface area (Å²) >= 11 is 7.84. The van der Waals surface area contributed by atoms with Gasteiger partial charge < -0.3 is 4.90 Å². The van der Waals surface area contributed by atoms with Crippen molar-refractivity contribution in [2.45, 2.75) is 37.7 Å². The standard InChI is InChI=1S/C28H24ClF3N6O2S2.CO2/c1-16-4-2-3-5-17(16)15-42(39,40)36-19-13-23-24(22-8-10-38(35-22)28(31)32)25(20-7-6-18(30)12-21(20)29)34-26(37(23)14-19)27-33-9-11-41-27;2-1-3/h2-12,19,25,28,36H,13-15H2,1H3;/t19-,25-;/m0./s1. The Morgan fingerprint density at radius 1 is 1.18 bits per heavy atom. The number of fused-ring (bicyclic) bond motifs is 1. The molecular weight excluding hydrogens is 653 g/mol. The van der Waals surface area contributed by atoms with Gasteiger partial charge in [-0.2, -0.15) is 23.5 Å². The number of aryl methyl sites for hydroxylation is 1. The van der Waals surface area contributed by atoms with Crippen LogP contribution in [0, 0.1) is 12.7 Å². The molecule has 45 heavy (non-hydrogen) atoms. The van der Waals surface area contributed by atoms with Gasteiger partial charge in [-0.05, 0) is 36.2 Å². The van der Waals surface area contributed by atoms with E-state index in [9.17, 15) is 21.6 Å². The van der Waals surface area contributed by atoms with Gasteiger partial charge in [-0.25, -0.2) is 27.2 Å². The van der Waals surface area contributed by atoms with Crippen LogP contribution in [0.4, 0.5) is 13.2 Å². The summed E-state index contributed by atoms with van der Waals surface area (Å²) < 4.78 is 71.0. The van der Waals surface area contributed by atoms with E-state index < -0.39 is 34.5 Å². The molecule has 10 nitrogen and oxygen atoms in total. The topological polar surface area (TPSA) is 127 Å². The van der Waals surface area contributed by atoms with Crippen molar-refractivity contribution in [2.75, 3.05) is 6.54 Å².